The van der Waals surface area contributed by atoms with E-state index in [9.17, 15) is 5.11 Å². The Labute approximate surface area is 77.3 Å². The van der Waals surface area contributed by atoms with Gasteiger partial charge in [-0.1, -0.05) is 6.92 Å². The Kier molecular flexibility index (Phi) is 3.23. The van der Waals surface area contributed by atoms with Crippen molar-refractivity contribution in [3.8, 4) is 0 Å². The van der Waals surface area contributed by atoms with Gasteiger partial charge in [0.15, 0.2) is 0 Å². The van der Waals surface area contributed by atoms with E-state index in [-0.39, 0.29) is 6.10 Å². The molecule has 2 nitrogen and oxygen atoms in total. The van der Waals surface area contributed by atoms with Crippen LogP contribution in [0.3, 0.4) is 0 Å². The van der Waals surface area contributed by atoms with Crippen LogP contribution >= 0.6 is 11.3 Å². The van der Waals surface area contributed by atoms with Gasteiger partial charge in [-0.3, -0.25) is 0 Å². The molecule has 0 bridgehead atoms. The second kappa shape index (κ2) is 4.01. The minimum atomic E-state index is -0.241. The highest BCUT2D eigenvalue weighted by Gasteiger charge is 2.11. The van der Waals surface area contributed by atoms with Crippen LogP contribution in [0.2, 0.25) is 0 Å². The summed E-state index contributed by atoms with van der Waals surface area (Å²) < 4.78 is 0. The molecule has 1 heterocycles. The SMILES string of the molecule is Cc1csc(CC(C)C(C)O)n1. The van der Waals surface area contributed by atoms with Crippen LogP contribution in [0.25, 0.3) is 0 Å². The minimum Gasteiger partial charge on any atom is -0.393 e. The third-order valence-electron chi connectivity index (χ3n) is 1.99. The molecule has 0 amide bonds. The normalized spacial score (nSPS) is 16.0. The predicted octanol–water partition coefficient (Wildman–Crippen LogP) is 2.01. The van der Waals surface area contributed by atoms with Crippen molar-refractivity contribution >= 4 is 11.3 Å². The molecule has 0 aliphatic carbocycles. The highest BCUT2D eigenvalue weighted by Crippen LogP contribution is 2.15. The first kappa shape index (κ1) is 9.68. The van der Waals surface area contributed by atoms with Crippen LogP contribution in [0.15, 0.2) is 5.38 Å². The van der Waals surface area contributed by atoms with E-state index in [4.69, 9.17) is 0 Å². The fourth-order valence-electron chi connectivity index (χ4n) is 0.942. The lowest BCUT2D eigenvalue weighted by atomic mass is 10.0. The molecule has 1 rings (SSSR count). The van der Waals surface area contributed by atoms with Gasteiger partial charge >= 0.3 is 0 Å². The van der Waals surface area contributed by atoms with Crippen molar-refractivity contribution in [2.45, 2.75) is 33.3 Å². The first-order valence-corrected chi connectivity index (χ1v) is 5.06. The van der Waals surface area contributed by atoms with E-state index in [0.29, 0.717) is 5.92 Å². The van der Waals surface area contributed by atoms with Gasteiger partial charge in [-0.15, -0.1) is 11.3 Å². The number of hydrogen-bond acceptors (Lipinski definition) is 3. The summed E-state index contributed by atoms with van der Waals surface area (Å²) in [6.07, 6.45) is 0.644. The molecule has 1 N–H and O–H groups in total. The zero-order chi connectivity index (χ0) is 9.14. The molecule has 12 heavy (non-hydrogen) atoms. The van der Waals surface area contributed by atoms with Gasteiger partial charge in [0.05, 0.1) is 11.1 Å². The largest absolute Gasteiger partial charge is 0.393 e. The summed E-state index contributed by atoms with van der Waals surface area (Å²) in [5.74, 6) is 0.301. The van der Waals surface area contributed by atoms with Crippen molar-refractivity contribution in [2.24, 2.45) is 5.92 Å². The second-order valence-corrected chi connectivity index (χ2v) is 4.25. The quantitative estimate of drug-likeness (QED) is 0.781. The van der Waals surface area contributed by atoms with Gasteiger partial charge in [0.1, 0.15) is 0 Å². The molecule has 0 radical (unpaired) electrons. The van der Waals surface area contributed by atoms with Crippen LogP contribution in [0.4, 0.5) is 0 Å². The molecule has 0 aliphatic rings. The third-order valence-corrected chi connectivity index (χ3v) is 2.98. The number of aliphatic hydroxyl groups is 1. The molecule has 0 saturated heterocycles. The van der Waals surface area contributed by atoms with Crippen molar-refractivity contribution < 1.29 is 5.11 Å². The summed E-state index contributed by atoms with van der Waals surface area (Å²) >= 11 is 1.67. The van der Waals surface area contributed by atoms with E-state index >= 15 is 0 Å². The van der Waals surface area contributed by atoms with Gasteiger partial charge in [0, 0.05) is 17.5 Å². The Morgan fingerprint density at radius 2 is 2.25 bits per heavy atom. The first-order valence-electron chi connectivity index (χ1n) is 4.18. The summed E-state index contributed by atoms with van der Waals surface area (Å²) in [6, 6.07) is 0. The smallest absolute Gasteiger partial charge is 0.0931 e. The third kappa shape index (κ3) is 2.57. The molecular weight excluding hydrogens is 170 g/mol. The lowest BCUT2D eigenvalue weighted by Crippen LogP contribution is -2.15. The van der Waals surface area contributed by atoms with Crippen molar-refractivity contribution in [3.05, 3.63) is 16.1 Å². The summed E-state index contributed by atoms with van der Waals surface area (Å²) in [4.78, 5) is 4.34. The number of aromatic nitrogens is 1. The first-order chi connectivity index (χ1) is 5.59. The number of thiazole rings is 1. The van der Waals surface area contributed by atoms with Gasteiger partial charge in [0.25, 0.3) is 0 Å². The van der Waals surface area contributed by atoms with Gasteiger partial charge < -0.3 is 5.11 Å². The molecule has 68 valence electrons. The van der Waals surface area contributed by atoms with Crippen molar-refractivity contribution in [1.29, 1.82) is 0 Å². The van der Waals surface area contributed by atoms with Crippen LogP contribution in [0.1, 0.15) is 24.5 Å². The summed E-state index contributed by atoms with van der Waals surface area (Å²) in [5.41, 5.74) is 1.08. The number of aryl methyl sites for hydroxylation is 1. The molecule has 0 spiro atoms. The Morgan fingerprint density at radius 1 is 1.58 bits per heavy atom. The van der Waals surface area contributed by atoms with Crippen LogP contribution in [-0.4, -0.2) is 16.2 Å². The van der Waals surface area contributed by atoms with Crippen LogP contribution in [0, 0.1) is 12.8 Å². The lowest BCUT2D eigenvalue weighted by Gasteiger charge is -2.11. The maximum absolute atomic E-state index is 9.27. The number of nitrogens with zero attached hydrogens (tertiary/aromatic N) is 1. The Bertz CT molecular complexity index is 244. The van der Waals surface area contributed by atoms with Crippen molar-refractivity contribution in [2.75, 3.05) is 0 Å². The second-order valence-electron chi connectivity index (χ2n) is 3.30. The number of aliphatic hydroxyl groups excluding tert-OH is 1. The Balaban J connectivity index is 2.52. The molecular formula is C9H15NOS. The fourth-order valence-corrected chi connectivity index (χ4v) is 1.86. The summed E-state index contributed by atoms with van der Waals surface area (Å²) in [5, 5.41) is 12.4. The molecule has 0 fully saturated rings. The fraction of sp³-hybridized carbons (Fsp3) is 0.667. The van der Waals surface area contributed by atoms with Gasteiger partial charge in [-0.2, -0.15) is 0 Å². The Hall–Kier alpha value is -0.410. The average Bonchev–Trinajstić information content (AvgIpc) is 2.35. The van der Waals surface area contributed by atoms with Crippen molar-refractivity contribution in [3.63, 3.8) is 0 Å². The predicted molar refractivity (Wildman–Crippen MR) is 51.4 cm³/mol. The van der Waals surface area contributed by atoms with E-state index in [2.05, 4.69) is 4.98 Å². The van der Waals surface area contributed by atoms with E-state index in [1.165, 1.54) is 0 Å². The number of hydrogen-bond donors (Lipinski definition) is 1. The van der Waals surface area contributed by atoms with Crippen LogP contribution in [0.5, 0.6) is 0 Å². The van der Waals surface area contributed by atoms with E-state index < -0.39 is 0 Å². The molecule has 0 saturated carbocycles. The molecule has 1 aromatic heterocycles. The number of rotatable bonds is 3. The zero-order valence-corrected chi connectivity index (χ0v) is 8.56. The van der Waals surface area contributed by atoms with Gasteiger partial charge in [0.2, 0.25) is 0 Å². The van der Waals surface area contributed by atoms with Gasteiger partial charge in [-0.05, 0) is 19.8 Å². The average molecular weight is 185 g/mol. The lowest BCUT2D eigenvalue weighted by molar-refractivity contribution is 0.135. The van der Waals surface area contributed by atoms with E-state index in [0.717, 1.165) is 17.1 Å². The van der Waals surface area contributed by atoms with E-state index in [1.54, 1.807) is 11.3 Å². The molecule has 1 aromatic rings. The maximum Gasteiger partial charge on any atom is 0.0931 e. The van der Waals surface area contributed by atoms with E-state index in [1.807, 2.05) is 26.2 Å². The monoisotopic (exact) mass is 185 g/mol. The van der Waals surface area contributed by atoms with Crippen LogP contribution in [-0.2, 0) is 6.42 Å². The molecule has 2 unspecified atom stereocenters. The molecule has 0 aromatic carbocycles. The highest BCUT2D eigenvalue weighted by atomic mass is 32.1. The van der Waals surface area contributed by atoms with Crippen molar-refractivity contribution in [1.82, 2.24) is 4.98 Å². The maximum atomic E-state index is 9.27. The Morgan fingerprint density at radius 3 is 2.67 bits per heavy atom. The zero-order valence-electron chi connectivity index (χ0n) is 7.74. The topological polar surface area (TPSA) is 33.1 Å². The highest BCUT2D eigenvalue weighted by molar-refractivity contribution is 7.09. The molecule has 2 atom stereocenters. The van der Waals surface area contributed by atoms with Crippen LogP contribution < -0.4 is 0 Å². The molecule has 3 heteroatoms. The standard InChI is InChI=1S/C9H15NOS/c1-6(8(3)11)4-9-10-7(2)5-12-9/h5-6,8,11H,4H2,1-3H3. The molecule has 0 aliphatic heterocycles. The summed E-state index contributed by atoms with van der Waals surface area (Å²) in [7, 11) is 0. The minimum absolute atomic E-state index is 0.241. The van der Waals surface area contributed by atoms with Gasteiger partial charge in [-0.25, -0.2) is 4.98 Å². The summed E-state index contributed by atoms with van der Waals surface area (Å²) in [6.45, 7) is 5.86.